The van der Waals surface area contributed by atoms with Crippen LogP contribution in [0.4, 0.5) is 11.4 Å². The molecule has 0 fully saturated rings. The van der Waals surface area contributed by atoms with Crippen LogP contribution in [-0.2, 0) is 0 Å². The van der Waals surface area contributed by atoms with E-state index in [0.29, 0.717) is 34.1 Å². The van der Waals surface area contributed by atoms with Crippen molar-refractivity contribution in [2.24, 2.45) is 0 Å². The van der Waals surface area contributed by atoms with Crippen molar-refractivity contribution in [1.82, 2.24) is 20.6 Å². The molecule has 4 aromatic rings. The summed E-state index contributed by atoms with van der Waals surface area (Å²) in [4.78, 5) is 22.7. The van der Waals surface area contributed by atoms with Gasteiger partial charge in [0.15, 0.2) is 5.82 Å². The van der Waals surface area contributed by atoms with Gasteiger partial charge in [0.05, 0.1) is 10.5 Å². The molecule has 1 amide bonds. The van der Waals surface area contributed by atoms with Gasteiger partial charge >= 0.3 is 0 Å². The number of tetrazole rings is 1. The van der Waals surface area contributed by atoms with E-state index in [4.69, 9.17) is 4.74 Å². The molecule has 0 aliphatic rings. The standard InChI is InChI=1S/C21H13N7O4/c22-12-15-10-13(20-24-26-27-25-20)4-9-19(15)32-18-7-5-16(6-8-18)23-21(29)14-2-1-3-17(11-14)28(30)31/h1-11H,(H,23,29)(H,24,25,26,27). The molecule has 0 saturated carbocycles. The zero-order chi connectivity index (χ0) is 22.5. The number of aromatic nitrogens is 4. The maximum atomic E-state index is 12.4. The van der Waals surface area contributed by atoms with E-state index in [9.17, 15) is 20.2 Å². The lowest BCUT2D eigenvalue weighted by Gasteiger charge is -2.10. The maximum Gasteiger partial charge on any atom is 0.270 e. The number of nitro benzene ring substituents is 1. The molecule has 11 heteroatoms. The molecule has 4 rings (SSSR count). The molecule has 0 spiro atoms. The third-order valence-corrected chi connectivity index (χ3v) is 4.38. The van der Waals surface area contributed by atoms with E-state index >= 15 is 0 Å². The van der Waals surface area contributed by atoms with Crippen LogP contribution in [0.3, 0.4) is 0 Å². The molecule has 0 saturated heterocycles. The van der Waals surface area contributed by atoms with Gasteiger partial charge in [-0.25, -0.2) is 5.10 Å². The number of hydrogen-bond donors (Lipinski definition) is 2. The van der Waals surface area contributed by atoms with Crippen molar-refractivity contribution in [3.05, 3.63) is 88.0 Å². The van der Waals surface area contributed by atoms with Gasteiger partial charge in [0.1, 0.15) is 17.6 Å². The van der Waals surface area contributed by atoms with Crippen LogP contribution >= 0.6 is 0 Å². The molecule has 3 aromatic carbocycles. The minimum Gasteiger partial charge on any atom is -0.456 e. The van der Waals surface area contributed by atoms with Crippen LogP contribution < -0.4 is 10.1 Å². The quantitative estimate of drug-likeness (QED) is 0.348. The molecule has 1 aromatic heterocycles. The van der Waals surface area contributed by atoms with Gasteiger partial charge in [0.25, 0.3) is 11.6 Å². The summed E-state index contributed by atoms with van der Waals surface area (Å²) in [5.74, 6) is 0.740. The number of carbonyl (C=O) groups excluding carboxylic acids is 1. The number of non-ortho nitro benzene ring substituents is 1. The lowest BCUT2D eigenvalue weighted by Crippen LogP contribution is -2.11. The number of anilines is 1. The van der Waals surface area contributed by atoms with Crippen LogP contribution in [0.15, 0.2) is 66.7 Å². The van der Waals surface area contributed by atoms with E-state index in [1.165, 1.54) is 24.3 Å². The Balaban J connectivity index is 1.46. The Kier molecular flexibility index (Phi) is 5.50. The largest absolute Gasteiger partial charge is 0.456 e. The molecule has 11 nitrogen and oxygen atoms in total. The van der Waals surface area contributed by atoms with Crippen LogP contribution in [0.25, 0.3) is 11.4 Å². The van der Waals surface area contributed by atoms with Crippen molar-refractivity contribution in [2.75, 3.05) is 5.32 Å². The number of ether oxygens (including phenoxy) is 1. The predicted octanol–water partition coefficient (Wildman–Crippen LogP) is 3.69. The van der Waals surface area contributed by atoms with Crippen molar-refractivity contribution in [2.45, 2.75) is 0 Å². The van der Waals surface area contributed by atoms with Crippen molar-refractivity contribution in [3.63, 3.8) is 0 Å². The van der Waals surface area contributed by atoms with E-state index in [0.717, 1.165) is 0 Å². The maximum absolute atomic E-state index is 12.4. The van der Waals surface area contributed by atoms with Crippen LogP contribution in [0.5, 0.6) is 11.5 Å². The van der Waals surface area contributed by atoms with E-state index in [2.05, 4.69) is 32.0 Å². The predicted molar refractivity (Wildman–Crippen MR) is 112 cm³/mol. The number of nitriles is 1. The number of hydrogen-bond acceptors (Lipinski definition) is 8. The highest BCUT2D eigenvalue weighted by Gasteiger charge is 2.13. The Labute approximate surface area is 180 Å². The molecule has 156 valence electrons. The second-order valence-electron chi connectivity index (χ2n) is 6.46. The summed E-state index contributed by atoms with van der Waals surface area (Å²) in [6.07, 6.45) is 0. The zero-order valence-electron chi connectivity index (χ0n) is 16.2. The summed E-state index contributed by atoms with van der Waals surface area (Å²) < 4.78 is 5.79. The topological polar surface area (TPSA) is 160 Å². The lowest BCUT2D eigenvalue weighted by atomic mass is 10.1. The minimum absolute atomic E-state index is 0.166. The zero-order valence-corrected chi connectivity index (χ0v) is 16.2. The van der Waals surface area contributed by atoms with Gasteiger partial charge in [-0.2, -0.15) is 5.26 Å². The smallest absolute Gasteiger partial charge is 0.270 e. The number of nitro groups is 1. The molecule has 0 bridgehead atoms. The van der Waals surface area contributed by atoms with E-state index < -0.39 is 10.8 Å². The Morgan fingerprint density at radius 2 is 1.94 bits per heavy atom. The first-order valence-corrected chi connectivity index (χ1v) is 9.15. The molecule has 32 heavy (non-hydrogen) atoms. The molecule has 0 atom stereocenters. The van der Waals surface area contributed by atoms with Crippen molar-refractivity contribution >= 4 is 17.3 Å². The van der Waals surface area contributed by atoms with Crippen LogP contribution in [-0.4, -0.2) is 31.5 Å². The third-order valence-electron chi connectivity index (χ3n) is 4.38. The second kappa shape index (κ2) is 8.72. The Hall–Kier alpha value is -5.11. The van der Waals surface area contributed by atoms with Gasteiger partial charge in [0.2, 0.25) is 0 Å². The fourth-order valence-electron chi connectivity index (χ4n) is 2.83. The number of H-pyrrole nitrogens is 1. The highest BCUT2D eigenvalue weighted by molar-refractivity contribution is 6.04. The first-order chi connectivity index (χ1) is 15.5. The van der Waals surface area contributed by atoms with Gasteiger partial charge in [0, 0.05) is 28.9 Å². The highest BCUT2D eigenvalue weighted by Crippen LogP contribution is 2.29. The number of carbonyl (C=O) groups is 1. The van der Waals surface area contributed by atoms with E-state index in [1.807, 2.05) is 0 Å². The summed E-state index contributed by atoms with van der Waals surface area (Å²) in [7, 11) is 0. The molecule has 0 aliphatic heterocycles. The summed E-state index contributed by atoms with van der Waals surface area (Å²) in [5, 5.41) is 36.4. The summed E-state index contributed by atoms with van der Waals surface area (Å²) >= 11 is 0. The number of nitrogens with zero attached hydrogens (tertiary/aromatic N) is 5. The van der Waals surface area contributed by atoms with Crippen LogP contribution in [0, 0.1) is 21.4 Å². The van der Waals surface area contributed by atoms with E-state index in [1.54, 1.807) is 42.5 Å². The Bertz CT molecular complexity index is 1330. The molecular formula is C21H13N7O4. The molecule has 1 heterocycles. The average molecular weight is 427 g/mol. The number of rotatable bonds is 6. The SMILES string of the molecule is N#Cc1cc(-c2nnn[nH]2)ccc1Oc1ccc(NC(=O)c2cccc([N+](=O)[O-])c2)cc1. The van der Waals surface area contributed by atoms with Gasteiger partial charge in [-0.3, -0.25) is 14.9 Å². The first kappa shape index (κ1) is 20.2. The molecule has 0 radical (unpaired) electrons. The first-order valence-electron chi connectivity index (χ1n) is 9.15. The fourth-order valence-corrected chi connectivity index (χ4v) is 2.83. The van der Waals surface area contributed by atoms with E-state index in [-0.39, 0.29) is 11.3 Å². The Morgan fingerprint density at radius 1 is 1.12 bits per heavy atom. The molecule has 0 aliphatic carbocycles. The second-order valence-corrected chi connectivity index (χ2v) is 6.46. The van der Waals surface area contributed by atoms with Crippen LogP contribution in [0.1, 0.15) is 15.9 Å². The van der Waals surface area contributed by atoms with Gasteiger partial charge in [-0.15, -0.1) is 5.10 Å². The monoisotopic (exact) mass is 427 g/mol. The molecule has 0 unspecified atom stereocenters. The summed E-state index contributed by atoms with van der Waals surface area (Å²) in [5.41, 5.74) is 1.41. The highest BCUT2D eigenvalue weighted by atomic mass is 16.6. The third kappa shape index (κ3) is 4.39. The summed E-state index contributed by atoms with van der Waals surface area (Å²) in [6, 6.07) is 19.0. The fraction of sp³-hybridized carbons (Fsp3) is 0. The molecule has 2 N–H and O–H groups in total. The number of aromatic amines is 1. The van der Waals surface area contributed by atoms with Crippen LogP contribution in [0.2, 0.25) is 0 Å². The van der Waals surface area contributed by atoms with Crippen molar-refractivity contribution in [1.29, 1.82) is 5.26 Å². The number of benzene rings is 3. The molecular weight excluding hydrogens is 414 g/mol. The van der Waals surface area contributed by atoms with Crippen molar-refractivity contribution in [3.8, 4) is 29.0 Å². The van der Waals surface area contributed by atoms with Gasteiger partial charge in [-0.05, 0) is 59.0 Å². The minimum atomic E-state index is -0.562. The normalized spacial score (nSPS) is 10.2. The van der Waals surface area contributed by atoms with Gasteiger partial charge in [-0.1, -0.05) is 6.07 Å². The van der Waals surface area contributed by atoms with Gasteiger partial charge < -0.3 is 10.1 Å². The van der Waals surface area contributed by atoms with Crippen molar-refractivity contribution < 1.29 is 14.5 Å². The average Bonchev–Trinajstić information content (AvgIpc) is 3.35. The number of amides is 1. The lowest BCUT2D eigenvalue weighted by molar-refractivity contribution is -0.384. The number of nitrogens with one attached hydrogen (secondary N) is 2. The Morgan fingerprint density at radius 3 is 2.62 bits per heavy atom. The summed E-state index contributed by atoms with van der Waals surface area (Å²) in [6.45, 7) is 0.